The molecule has 0 atom stereocenters. The molecule has 0 amide bonds. The normalized spacial score (nSPS) is 12.5. The van der Waals surface area contributed by atoms with Crippen LogP contribution in [-0.4, -0.2) is 19.6 Å². The van der Waals surface area contributed by atoms with E-state index in [2.05, 4.69) is 206 Å². The van der Waals surface area contributed by atoms with Crippen LogP contribution in [0.2, 0.25) is 0 Å². The monoisotopic (exact) mass is 1070 g/mol. The Morgan fingerprint density at radius 1 is 0.544 bits per heavy atom. The van der Waals surface area contributed by atoms with Gasteiger partial charge in [-0.1, -0.05) is 208 Å². The van der Waals surface area contributed by atoms with E-state index in [0.29, 0.717) is 11.4 Å². The van der Waals surface area contributed by atoms with Gasteiger partial charge in [0.2, 0.25) is 0 Å². The third kappa shape index (κ3) is 9.54. The first kappa shape index (κ1) is 46.7. The minimum absolute atomic E-state index is 0. The molecule has 7 aromatic carbocycles. The molecule has 0 saturated carbocycles. The molecule has 0 fully saturated rings. The first-order valence-electron chi connectivity index (χ1n) is 24.0. The van der Waals surface area contributed by atoms with Crippen molar-refractivity contribution in [3.63, 3.8) is 0 Å². The van der Waals surface area contributed by atoms with Gasteiger partial charge in [0.25, 0.3) is 0 Å². The summed E-state index contributed by atoms with van der Waals surface area (Å²) in [4.78, 5) is 10.6. The SMILES string of the molecule is [2H]C(C)(C)c1ccc(-c2ccnc(-c3[c-]c(-c4cccc5c4nc(-c4cc(C(C)(C)C)cc(C(C)(C)C)c4O)n5-c4ccc(-c5ccccc5)c(C(C)(C)C)c4)cc(-c4ccccc4)c3)c2)cc1.[Pt]. The van der Waals surface area contributed by atoms with Crippen molar-refractivity contribution >= 4 is 11.0 Å². The minimum Gasteiger partial charge on any atom is -0.507 e. The number of para-hydroxylation sites is 1. The minimum atomic E-state index is -0.681. The number of benzene rings is 7. The number of aromatic hydroxyl groups is 1. The summed E-state index contributed by atoms with van der Waals surface area (Å²) in [6.07, 6.45) is 1.86. The fraction of sp³-hybridized carbons (Fsp3) is 0.238. The van der Waals surface area contributed by atoms with E-state index >= 15 is 0 Å². The summed E-state index contributed by atoms with van der Waals surface area (Å²) in [6.45, 7) is 23.8. The molecule has 0 aliphatic rings. The van der Waals surface area contributed by atoms with Crippen LogP contribution in [0.5, 0.6) is 5.75 Å². The summed E-state index contributed by atoms with van der Waals surface area (Å²) in [5.74, 6) is 0.228. The molecule has 0 bridgehead atoms. The van der Waals surface area contributed by atoms with E-state index in [9.17, 15) is 5.11 Å². The number of phenols is 1. The van der Waals surface area contributed by atoms with Crippen molar-refractivity contribution in [2.75, 3.05) is 0 Å². The average molecular weight is 1070 g/mol. The summed E-state index contributed by atoms with van der Waals surface area (Å²) in [5.41, 5.74) is 16.9. The largest absolute Gasteiger partial charge is 0.507 e. The number of aromatic nitrogens is 3. The molecule has 0 spiro atoms. The third-order valence-corrected chi connectivity index (χ3v) is 13.0. The molecule has 2 heterocycles. The van der Waals surface area contributed by atoms with Crippen molar-refractivity contribution in [1.82, 2.24) is 14.5 Å². The maximum atomic E-state index is 12.5. The summed E-state index contributed by atoms with van der Waals surface area (Å²) in [6, 6.07) is 59.2. The smallest absolute Gasteiger partial charge is 0.148 e. The van der Waals surface area contributed by atoms with Crippen LogP contribution in [0, 0.1) is 6.07 Å². The van der Waals surface area contributed by atoms with Crippen molar-refractivity contribution < 1.29 is 27.5 Å². The van der Waals surface area contributed by atoms with Gasteiger partial charge in [0.1, 0.15) is 11.6 Å². The van der Waals surface area contributed by atoms with Gasteiger partial charge >= 0.3 is 0 Å². The standard InChI is InChI=1S/C63H62N3O.Pt/c1-40(2)41-25-27-43(28-26-41)45-31-32-64-56(36-45)48-34-46(42-19-14-12-15-20-42)33-47(35-48)52-23-18-24-57-58(52)65-60(53-37-49(61(3,4)5)38-55(59(53)67)63(9,10)11)66(57)50-29-30-51(44-21-16-13-17-22-44)54(39-50)62(6,7)8;/h12-34,36-40,67H,1-11H3;/q-1;/i40D;. The molecule has 9 aromatic rings. The molecular formula is C63H62N3OPt-. The predicted octanol–water partition coefficient (Wildman–Crippen LogP) is 16.9. The number of phenolic OH excluding ortho intramolecular Hbond substituents is 1. The first-order valence-corrected chi connectivity index (χ1v) is 23.5. The number of fused-ring (bicyclic) bond motifs is 1. The summed E-state index contributed by atoms with van der Waals surface area (Å²) in [5, 5.41) is 12.5. The van der Waals surface area contributed by atoms with Gasteiger partial charge in [-0.25, -0.2) is 4.98 Å². The van der Waals surface area contributed by atoms with Crippen LogP contribution in [-0.2, 0) is 37.3 Å². The molecule has 2 aromatic heterocycles. The van der Waals surface area contributed by atoms with E-state index in [1.165, 1.54) is 16.7 Å². The Bertz CT molecular complexity index is 3310. The Kier molecular flexibility index (Phi) is 12.8. The van der Waals surface area contributed by atoms with E-state index < -0.39 is 5.89 Å². The van der Waals surface area contributed by atoms with E-state index in [4.69, 9.17) is 11.3 Å². The average Bonchev–Trinajstić information content (AvgIpc) is 3.70. The van der Waals surface area contributed by atoms with Crippen molar-refractivity contribution in [1.29, 1.82) is 0 Å². The van der Waals surface area contributed by atoms with Gasteiger partial charge in [-0.05, 0) is 97.0 Å². The van der Waals surface area contributed by atoms with E-state index in [-0.39, 0.29) is 43.1 Å². The number of nitrogens with zero attached hydrogens (tertiary/aromatic N) is 3. The van der Waals surface area contributed by atoms with Crippen LogP contribution in [0.4, 0.5) is 0 Å². The van der Waals surface area contributed by atoms with Crippen LogP contribution >= 0.6 is 0 Å². The molecule has 1 N–H and O–H groups in total. The number of pyridine rings is 1. The maximum absolute atomic E-state index is 12.5. The van der Waals surface area contributed by atoms with Gasteiger partial charge in [-0.3, -0.25) is 9.55 Å². The second-order valence-corrected chi connectivity index (χ2v) is 21.3. The Morgan fingerprint density at radius 3 is 1.81 bits per heavy atom. The summed E-state index contributed by atoms with van der Waals surface area (Å²) in [7, 11) is 0. The quantitative estimate of drug-likeness (QED) is 0.154. The molecule has 0 aliphatic carbocycles. The van der Waals surface area contributed by atoms with E-state index in [1.54, 1.807) is 0 Å². The van der Waals surface area contributed by atoms with Crippen molar-refractivity contribution in [3.05, 3.63) is 192 Å². The molecule has 0 unspecified atom stereocenters. The summed E-state index contributed by atoms with van der Waals surface area (Å²) >= 11 is 0. The zero-order chi connectivity index (χ0) is 48.3. The van der Waals surface area contributed by atoms with E-state index in [0.717, 1.165) is 78.0 Å². The van der Waals surface area contributed by atoms with Crippen LogP contribution in [0.3, 0.4) is 0 Å². The van der Waals surface area contributed by atoms with Gasteiger partial charge in [-0.2, -0.15) is 0 Å². The van der Waals surface area contributed by atoms with Crippen LogP contribution in [0.1, 0.15) is 106 Å². The number of hydrogen-bond donors (Lipinski definition) is 1. The molecule has 0 aliphatic heterocycles. The maximum Gasteiger partial charge on any atom is 0.148 e. The van der Waals surface area contributed by atoms with Gasteiger partial charge in [0.15, 0.2) is 0 Å². The second-order valence-electron chi connectivity index (χ2n) is 21.3. The van der Waals surface area contributed by atoms with Crippen LogP contribution in [0.15, 0.2) is 164 Å². The number of rotatable bonds is 8. The molecule has 0 saturated heterocycles. The van der Waals surface area contributed by atoms with Crippen molar-refractivity contribution in [3.8, 4) is 78.6 Å². The second kappa shape index (κ2) is 18.6. The fourth-order valence-corrected chi connectivity index (χ4v) is 9.13. The zero-order valence-corrected chi connectivity index (χ0v) is 43.5. The predicted molar refractivity (Wildman–Crippen MR) is 282 cm³/mol. The topological polar surface area (TPSA) is 50.9 Å². The molecule has 0 radical (unpaired) electrons. The Hall–Kier alpha value is -6.35. The zero-order valence-electron chi connectivity index (χ0n) is 42.2. The van der Waals surface area contributed by atoms with Crippen LogP contribution < -0.4 is 0 Å². The first-order chi connectivity index (χ1) is 32.1. The third-order valence-electron chi connectivity index (χ3n) is 13.0. The molecule has 4 nitrogen and oxygen atoms in total. The van der Waals surface area contributed by atoms with Crippen LogP contribution in [0.25, 0.3) is 83.9 Å². The number of imidazole rings is 1. The van der Waals surface area contributed by atoms with Gasteiger partial charge < -0.3 is 5.11 Å². The van der Waals surface area contributed by atoms with Gasteiger partial charge in [0.05, 0.1) is 16.6 Å². The molecule has 9 rings (SSSR count). The number of hydrogen-bond acceptors (Lipinski definition) is 3. The van der Waals surface area contributed by atoms with Gasteiger partial charge in [-0.15, -0.1) is 23.8 Å². The molecule has 346 valence electrons. The van der Waals surface area contributed by atoms with Crippen molar-refractivity contribution in [2.45, 2.75) is 98.3 Å². The van der Waals surface area contributed by atoms with E-state index in [1.807, 2.05) is 44.3 Å². The molecular weight excluding hydrogens is 1010 g/mol. The Morgan fingerprint density at radius 2 is 1.18 bits per heavy atom. The van der Waals surface area contributed by atoms with Crippen molar-refractivity contribution in [2.24, 2.45) is 0 Å². The molecule has 68 heavy (non-hydrogen) atoms. The Labute approximate surface area is 419 Å². The summed E-state index contributed by atoms with van der Waals surface area (Å²) < 4.78 is 10.8. The molecule has 5 heteroatoms. The Balaban J connectivity index is 0.00000642. The fourth-order valence-electron chi connectivity index (χ4n) is 9.13. The van der Waals surface area contributed by atoms with Gasteiger partial charge in [0, 0.05) is 45.6 Å².